The van der Waals surface area contributed by atoms with Crippen LogP contribution in [0.15, 0.2) is 53.5 Å². The molecule has 0 amide bonds. The molecule has 2 aromatic carbocycles. The van der Waals surface area contributed by atoms with Crippen LogP contribution >= 0.6 is 24.0 Å². The van der Waals surface area contributed by atoms with Gasteiger partial charge < -0.3 is 20.1 Å². The first kappa shape index (κ1) is 25.4. The Labute approximate surface area is 203 Å². The molecule has 2 aromatic rings. The molecular formula is C24H35IN4O2. The zero-order valence-corrected chi connectivity index (χ0v) is 21.1. The molecule has 31 heavy (non-hydrogen) atoms. The molecular weight excluding hydrogens is 503 g/mol. The van der Waals surface area contributed by atoms with Crippen molar-refractivity contribution in [3.63, 3.8) is 0 Å². The van der Waals surface area contributed by atoms with Gasteiger partial charge in [-0.3, -0.25) is 9.89 Å². The second-order valence-corrected chi connectivity index (χ2v) is 7.65. The fraction of sp³-hybridized carbons (Fsp3) is 0.458. The van der Waals surface area contributed by atoms with E-state index in [-0.39, 0.29) is 24.0 Å². The van der Waals surface area contributed by atoms with Crippen LogP contribution in [0.3, 0.4) is 0 Å². The number of hydrogen-bond donors (Lipinski definition) is 2. The molecule has 2 N–H and O–H groups in total. The van der Waals surface area contributed by atoms with Crippen LogP contribution in [0.5, 0.6) is 5.75 Å². The van der Waals surface area contributed by atoms with Crippen molar-refractivity contribution in [3.8, 4) is 5.75 Å². The number of ether oxygens (including phenoxy) is 2. The second kappa shape index (κ2) is 13.5. The number of benzene rings is 2. The van der Waals surface area contributed by atoms with Crippen LogP contribution in [0.25, 0.3) is 0 Å². The predicted molar refractivity (Wildman–Crippen MR) is 137 cm³/mol. The Balaban J connectivity index is 0.00000341. The van der Waals surface area contributed by atoms with Crippen molar-refractivity contribution < 1.29 is 9.47 Å². The number of rotatable bonds is 8. The maximum Gasteiger partial charge on any atom is 0.191 e. The first-order valence-corrected chi connectivity index (χ1v) is 10.7. The van der Waals surface area contributed by atoms with Gasteiger partial charge in [0.2, 0.25) is 0 Å². The number of guanidine groups is 1. The number of nitrogens with one attached hydrogen (secondary N) is 2. The largest absolute Gasteiger partial charge is 0.496 e. The van der Waals surface area contributed by atoms with E-state index in [2.05, 4.69) is 57.8 Å². The van der Waals surface area contributed by atoms with Crippen LogP contribution in [0.4, 0.5) is 0 Å². The van der Waals surface area contributed by atoms with Crippen molar-refractivity contribution in [2.45, 2.75) is 32.5 Å². The highest BCUT2D eigenvalue weighted by atomic mass is 127. The monoisotopic (exact) mass is 538 g/mol. The molecule has 1 aliphatic rings. The summed E-state index contributed by atoms with van der Waals surface area (Å²) in [7, 11) is 3.51. The topological polar surface area (TPSA) is 58.1 Å². The molecule has 1 aliphatic heterocycles. The van der Waals surface area contributed by atoms with Crippen molar-refractivity contribution >= 4 is 29.9 Å². The van der Waals surface area contributed by atoms with Crippen molar-refractivity contribution in [1.82, 2.24) is 15.5 Å². The third kappa shape index (κ3) is 8.31. The molecule has 1 unspecified atom stereocenters. The summed E-state index contributed by atoms with van der Waals surface area (Å²) in [6.45, 7) is 7.43. The van der Waals surface area contributed by atoms with E-state index in [1.54, 1.807) is 14.2 Å². The van der Waals surface area contributed by atoms with Crippen molar-refractivity contribution in [1.29, 1.82) is 0 Å². The average Bonchev–Trinajstić information content (AvgIpc) is 2.76. The maximum absolute atomic E-state index is 5.64. The highest BCUT2D eigenvalue weighted by Gasteiger charge is 2.16. The van der Waals surface area contributed by atoms with Gasteiger partial charge in [0.25, 0.3) is 0 Å². The molecule has 170 valence electrons. The first-order chi connectivity index (χ1) is 14.7. The van der Waals surface area contributed by atoms with Crippen LogP contribution in [-0.2, 0) is 24.2 Å². The van der Waals surface area contributed by atoms with E-state index in [1.807, 2.05) is 18.2 Å². The molecule has 0 aromatic heterocycles. The van der Waals surface area contributed by atoms with Gasteiger partial charge >= 0.3 is 0 Å². The molecule has 7 heteroatoms. The molecule has 0 saturated carbocycles. The third-order valence-corrected chi connectivity index (χ3v) is 5.29. The lowest BCUT2D eigenvalue weighted by Gasteiger charge is -2.31. The summed E-state index contributed by atoms with van der Waals surface area (Å²) in [6, 6.07) is 16.9. The maximum atomic E-state index is 5.64. The molecule has 6 nitrogen and oxygen atoms in total. The van der Waals surface area contributed by atoms with Gasteiger partial charge in [0.05, 0.1) is 19.8 Å². The van der Waals surface area contributed by atoms with E-state index < -0.39 is 0 Å². The van der Waals surface area contributed by atoms with Gasteiger partial charge in [-0.2, -0.15) is 0 Å². The van der Waals surface area contributed by atoms with Crippen LogP contribution in [0, 0.1) is 0 Å². The highest BCUT2D eigenvalue weighted by Crippen LogP contribution is 2.17. The molecule has 0 spiro atoms. The van der Waals surface area contributed by atoms with Gasteiger partial charge in [-0.05, 0) is 36.1 Å². The Kier molecular flexibility index (Phi) is 11.1. The van der Waals surface area contributed by atoms with E-state index in [4.69, 9.17) is 9.47 Å². The van der Waals surface area contributed by atoms with E-state index >= 15 is 0 Å². The Morgan fingerprint density at radius 1 is 1.16 bits per heavy atom. The zero-order valence-electron chi connectivity index (χ0n) is 18.8. The lowest BCUT2D eigenvalue weighted by atomic mass is 10.1. The summed E-state index contributed by atoms with van der Waals surface area (Å²) in [4.78, 5) is 6.80. The molecule has 1 saturated heterocycles. The lowest BCUT2D eigenvalue weighted by Crippen LogP contribution is -2.40. The second-order valence-electron chi connectivity index (χ2n) is 7.65. The predicted octanol–water partition coefficient (Wildman–Crippen LogP) is 3.44. The highest BCUT2D eigenvalue weighted by molar-refractivity contribution is 14.0. The standard InChI is InChI=1S/C24H34N4O2.HI/c1-19-17-28(13-14-30-19)18-21-8-6-7-20(15-21)16-27-24(25-2)26-12-11-22-9-4-5-10-23(22)29-3;/h4-10,15,19H,11-14,16-18H2,1-3H3,(H2,25,26,27);1H. The molecule has 0 aliphatic carbocycles. The molecule has 3 rings (SSSR count). The van der Waals surface area contributed by atoms with Crippen molar-refractivity contribution in [2.75, 3.05) is 40.4 Å². The van der Waals surface area contributed by atoms with E-state index in [9.17, 15) is 0 Å². The van der Waals surface area contributed by atoms with E-state index in [1.165, 1.54) is 16.7 Å². The third-order valence-electron chi connectivity index (χ3n) is 5.29. The SMILES string of the molecule is CN=C(NCCc1ccccc1OC)NCc1cccc(CN2CCOC(C)C2)c1.I. The van der Waals surface area contributed by atoms with Gasteiger partial charge in [-0.1, -0.05) is 42.5 Å². The van der Waals surface area contributed by atoms with Gasteiger partial charge in [-0.15, -0.1) is 24.0 Å². The molecule has 0 bridgehead atoms. The Morgan fingerprint density at radius 2 is 1.97 bits per heavy atom. The quantitative estimate of drug-likeness (QED) is 0.307. The number of para-hydroxylation sites is 1. The molecule has 1 fully saturated rings. The fourth-order valence-corrected chi connectivity index (χ4v) is 3.76. The van der Waals surface area contributed by atoms with Gasteiger partial charge in [-0.25, -0.2) is 0 Å². The summed E-state index contributed by atoms with van der Waals surface area (Å²) < 4.78 is 11.1. The normalized spacial score (nSPS) is 17.0. The Bertz CT molecular complexity index is 831. The average molecular weight is 538 g/mol. The Hall–Kier alpha value is -1.84. The summed E-state index contributed by atoms with van der Waals surface area (Å²) in [6.07, 6.45) is 1.19. The van der Waals surface area contributed by atoms with Crippen LogP contribution in [0.1, 0.15) is 23.6 Å². The minimum Gasteiger partial charge on any atom is -0.496 e. The number of hydrogen-bond acceptors (Lipinski definition) is 4. The van der Waals surface area contributed by atoms with Crippen LogP contribution < -0.4 is 15.4 Å². The number of aliphatic imine (C=N–C) groups is 1. The van der Waals surface area contributed by atoms with Crippen molar-refractivity contribution in [2.24, 2.45) is 4.99 Å². The minimum absolute atomic E-state index is 0. The summed E-state index contributed by atoms with van der Waals surface area (Å²) in [5, 5.41) is 6.80. The summed E-state index contributed by atoms with van der Waals surface area (Å²) in [5.41, 5.74) is 3.78. The van der Waals surface area contributed by atoms with Crippen molar-refractivity contribution in [3.05, 3.63) is 65.2 Å². The van der Waals surface area contributed by atoms with Gasteiger partial charge in [0.1, 0.15) is 5.75 Å². The summed E-state index contributed by atoms with van der Waals surface area (Å²) >= 11 is 0. The number of morpholine rings is 1. The minimum atomic E-state index is 0. The number of nitrogens with zero attached hydrogens (tertiary/aromatic N) is 2. The Morgan fingerprint density at radius 3 is 2.74 bits per heavy atom. The number of methoxy groups -OCH3 is 1. The van der Waals surface area contributed by atoms with Crippen LogP contribution in [-0.4, -0.2) is 57.4 Å². The van der Waals surface area contributed by atoms with E-state index in [0.717, 1.165) is 57.5 Å². The zero-order chi connectivity index (χ0) is 21.2. The number of halogens is 1. The van der Waals surface area contributed by atoms with Crippen LogP contribution in [0.2, 0.25) is 0 Å². The summed E-state index contributed by atoms with van der Waals surface area (Å²) in [5.74, 6) is 1.73. The molecule has 1 heterocycles. The smallest absolute Gasteiger partial charge is 0.191 e. The molecule has 0 radical (unpaired) electrons. The molecule has 1 atom stereocenters. The van der Waals surface area contributed by atoms with Gasteiger partial charge in [0, 0.05) is 39.8 Å². The van der Waals surface area contributed by atoms with E-state index in [0.29, 0.717) is 6.10 Å². The van der Waals surface area contributed by atoms with Gasteiger partial charge in [0.15, 0.2) is 5.96 Å². The fourth-order valence-electron chi connectivity index (χ4n) is 3.76. The first-order valence-electron chi connectivity index (χ1n) is 10.7. The lowest BCUT2D eigenvalue weighted by molar-refractivity contribution is -0.0212.